The number of halogens is 2. The topological polar surface area (TPSA) is 98.7 Å². The van der Waals surface area contributed by atoms with Crippen molar-refractivity contribution < 1.29 is 27.1 Å². The molecule has 0 spiro atoms. The largest absolute Gasteiger partial charge is 0.387 e. The fraction of sp³-hybridized carbons (Fsp3) is 0.235. The lowest BCUT2D eigenvalue weighted by Crippen LogP contribution is -2.32. The molecular formula is C17H19F2N3O4S. The van der Waals surface area contributed by atoms with Gasteiger partial charge < -0.3 is 15.7 Å². The number of benzene rings is 2. The Labute approximate surface area is 155 Å². The maximum absolute atomic E-state index is 13.2. The summed E-state index contributed by atoms with van der Waals surface area (Å²) in [5, 5.41) is 14.8. The van der Waals surface area contributed by atoms with Crippen LogP contribution >= 0.6 is 0 Å². The molecule has 0 aliphatic carbocycles. The van der Waals surface area contributed by atoms with Gasteiger partial charge in [0.2, 0.25) is 10.0 Å². The van der Waals surface area contributed by atoms with E-state index < -0.39 is 33.8 Å². The highest BCUT2D eigenvalue weighted by Gasteiger charge is 2.17. The van der Waals surface area contributed by atoms with Crippen LogP contribution in [0.1, 0.15) is 11.7 Å². The minimum Gasteiger partial charge on any atom is -0.387 e. The van der Waals surface area contributed by atoms with Crippen molar-refractivity contribution in [2.45, 2.75) is 11.0 Å². The molecule has 7 nitrogen and oxygen atoms in total. The van der Waals surface area contributed by atoms with Gasteiger partial charge in [0.25, 0.3) is 0 Å². The van der Waals surface area contributed by atoms with Gasteiger partial charge >= 0.3 is 6.03 Å². The van der Waals surface area contributed by atoms with Gasteiger partial charge in [0.1, 0.15) is 0 Å². The summed E-state index contributed by atoms with van der Waals surface area (Å²) >= 11 is 0. The fourth-order valence-corrected chi connectivity index (χ4v) is 3.02. The van der Waals surface area contributed by atoms with Crippen LogP contribution in [0.15, 0.2) is 47.4 Å². The first-order valence-electron chi connectivity index (χ1n) is 7.81. The zero-order valence-corrected chi connectivity index (χ0v) is 15.4. The molecule has 2 amide bonds. The van der Waals surface area contributed by atoms with Gasteiger partial charge in [-0.15, -0.1) is 0 Å². The molecule has 27 heavy (non-hydrogen) atoms. The van der Waals surface area contributed by atoms with E-state index in [1.165, 1.54) is 44.4 Å². The van der Waals surface area contributed by atoms with E-state index in [4.69, 9.17) is 0 Å². The van der Waals surface area contributed by atoms with E-state index in [2.05, 4.69) is 10.6 Å². The lowest BCUT2D eigenvalue weighted by Gasteiger charge is -2.14. The van der Waals surface area contributed by atoms with Gasteiger partial charge in [-0.2, -0.15) is 0 Å². The molecule has 0 aliphatic rings. The van der Waals surface area contributed by atoms with Crippen LogP contribution in [0.5, 0.6) is 0 Å². The molecule has 0 heterocycles. The average Bonchev–Trinajstić information content (AvgIpc) is 2.62. The maximum Gasteiger partial charge on any atom is 0.319 e. The van der Waals surface area contributed by atoms with Crippen molar-refractivity contribution >= 4 is 21.7 Å². The lowest BCUT2D eigenvalue weighted by molar-refractivity contribution is 0.174. The zero-order chi connectivity index (χ0) is 20.2. The fourth-order valence-electron chi connectivity index (χ4n) is 2.12. The molecular weight excluding hydrogens is 380 g/mol. The molecule has 0 aliphatic heterocycles. The van der Waals surface area contributed by atoms with Crippen molar-refractivity contribution in [2.24, 2.45) is 0 Å². The number of aliphatic hydroxyl groups excluding tert-OH is 1. The number of sulfonamides is 1. The summed E-state index contributed by atoms with van der Waals surface area (Å²) in [5.74, 6) is -2.12. The number of nitrogens with zero attached hydrogens (tertiary/aromatic N) is 1. The van der Waals surface area contributed by atoms with Crippen LogP contribution in [0.2, 0.25) is 0 Å². The molecule has 2 rings (SSSR count). The Morgan fingerprint density at radius 2 is 1.74 bits per heavy atom. The Hall–Kier alpha value is -2.56. The highest BCUT2D eigenvalue weighted by atomic mass is 32.2. The predicted molar refractivity (Wildman–Crippen MR) is 95.7 cm³/mol. The first-order valence-corrected chi connectivity index (χ1v) is 9.25. The number of carbonyl (C=O) groups excluding carboxylic acids is 1. The van der Waals surface area contributed by atoms with Crippen LogP contribution in [0.3, 0.4) is 0 Å². The van der Waals surface area contributed by atoms with Gasteiger partial charge in [-0.05, 0) is 42.0 Å². The first kappa shape index (κ1) is 20.7. The minimum absolute atomic E-state index is 0.0761. The van der Waals surface area contributed by atoms with E-state index in [9.17, 15) is 27.1 Å². The second-order valence-corrected chi connectivity index (χ2v) is 7.99. The monoisotopic (exact) mass is 399 g/mol. The van der Waals surface area contributed by atoms with E-state index in [1.54, 1.807) is 0 Å². The first-order chi connectivity index (χ1) is 12.6. The molecule has 0 saturated heterocycles. The molecule has 0 fully saturated rings. The van der Waals surface area contributed by atoms with Crippen molar-refractivity contribution in [3.05, 3.63) is 59.7 Å². The third-order valence-corrected chi connectivity index (χ3v) is 5.50. The quantitative estimate of drug-likeness (QED) is 0.693. The summed E-state index contributed by atoms with van der Waals surface area (Å²) in [5.41, 5.74) is 0.458. The number of anilines is 1. The zero-order valence-electron chi connectivity index (χ0n) is 14.6. The highest BCUT2D eigenvalue weighted by molar-refractivity contribution is 7.89. The second-order valence-electron chi connectivity index (χ2n) is 5.84. The average molecular weight is 399 g/mol. The third-order valence-electron chi connectivity index (χ3n) is 3.68. The SMILES string of the molecule is CN(C)S(=O)(=O)c1ccc(NC(=O)NC[C@H](O)c2ccc(F)c(F)c2)cc1. The van der Waals surface area contributed by atoms with Gasteiger partial charge in [-0.1, -0.05) is 6.07 Å². The molecule has 0 radical (unpaired) electrons. The smallest absolute Gasteiger partial charge is 0.319 e. The van der Waals surface area contributed by atoms with E-state index in [0.29, 0.717) is 5.69 Å². The van der Waals surface area contributed by atoms with Crippen molar-refractivity contribution in [1.29, 1.82) is 0 Å². The molecule has 0 unspecified atom stereocenters. The summed E-state index contributed by atoms with van der Waals surface area (Å²) in [6.45, 7) is -0.232. The molecule has 10 heteroatoms. The Kier molecular flexibility index (Phi) is 6.47. The molecule has 1 atom stereocenters. The number of urea groups is 1. The van der Waals surface area contributed by atoms with E-state index in [0.717, 1.165) is 16.4 Å². The van der Waals surface area contributed by atoms with E-state index in [-0.39, 0.29) is 17.0 Å². The van der Waals surface area contributed by atoms with Crippen LogP contribution in [0, 0.1) is 11.6 Å². The Morgan fingerprint density at radius 3 is 2.30 bits per heavy atom. The number of carbonyl (C=O) groups is 1. The maximum atomic E-state index is 13.2. The number of hydrogen-bond donors (Lipinski definition) is 3. The molecule has 0 aromatic heterocycles. The number of aliphatic hydroxyl groups is 1. The normalized spacial score (nSPS) is 12.7. The molecule has 0 bridgehead atoms. The summed E-state index contributed by atoms with van der Waals surface area (Å²) in [7, 11) is -0.746. The summed E-state index contributed by atoms with van der Waals surface area (Å²) in [6, 6.07) is 7.83. The molecule has 2 aromatic rings. The molecule has 2 aromatic carbocycles. The van der Waals surface area contributed by atoms with Crippen molar-refractivity contribution in [2.75, 3.05) is 26.0 Å². The van der Waals surface area contributed by atoms with Crippen molar-refractivity contribution in [3.8, 4) is 0 Å². The summed E-state index contributed by atoms with van der Waals surface area (Å²) in [6.07, 6.45) is -1.22. The third kappa shape index (κ3) is 5.22. The molecule has 146 valence electrons. The Bertz CT molecular complexity index is 918. The van der Waals surface area contributed by atoms with Crippen LogP contribution in [0.25, 0.3) is 0 Å². The van der Waals surface area contributed by atoms with Gasteiger partial charge in [-0.3, -0.25) is 0 Å². The van der Waals surface area contributed by atoms with Crippen LogP contribution in [0.4, 0.5) is 19.3 Å². The Balaban J connectivity index is 1.93. The number of rotatable bonds is 6. The van der Waals surface area contributed by atoms with Crippen LogP contribution in [-0.2, 0) is 10.0 Å². The van der Waals surface area contributed by atoms with Crippen LogP contribution < -0.4 is 10.6 Å². The standard InChI is InChI=1S/C17H19F2N3O4S/c1-22(2)27(25,26)13-6-4-12(5-7-13)21-17(24)20-10-16(23)11-3-8-14(18)15(19)9-11/h3-9,16,23H,10H2,1-2H3,(H2,20,21,24)/t16-/m0/s1. The lowest BCUT2D eigenvalue weighted by atomic mass is 10.1. The highest BCUT2D eigenvalue weighted by Crippen LogP contribution is 2.17. The summed E-state index contributed by atoms with van der Waals surface area (Å²) < 4.78 is 51.1. The van der Waals surface area contributed by atoms with Gasteiger partial charge in [0.05, 0.1) is 11.0 Å². The van der Waals surface area contributed by atoms with Gasteiger partial charge in [-0.25, -0.2) is 26.3 Å². The summed E-state index contributed by atoms with van der Waals surface area (Å²) in [4.78, 5) is 11.9. The molecule has 3 N–H and O–H groups in total. The van der Waals surface area contributed by atoms with Gasteiger partial charge in [0.15, 0.2) is 11.6 Å². The van der Waals surface area contributed by atoms with E-state index in [1.807, 2.05) is 0 Å². The van der Waals surface area contributed by atoms with Crippen molar-refractivity contribution in [3.63, 3.8) is 0 Å². The number of nitrogens with one attached hydrogen (secondary N) is 2. The number of hydrogen-bond acceptors (Lipinski definition) is 4. The molecule has 0 saturated carbocycles. The second kappa shape index (κ2) is 8.42. The predicted octanol–water partition coefficient (Wildman–Crippen LogP) is 2.07. The Morgan fingerprint density at radius 1 is 1.11 bits per heavy atom. The minimum atomic E-state index is -3.57. The van der Waals surface area contributed by atoms with Crippen LogP contribution in [-0.4, -0.2) is 44.5 Å². The van der Waals surface area contributed by atoms with Gasteiger partial charge in [0, 0.05) is 26.3 Å². The van der Waals surface area contributed by atoms with E-state index >= 15 is 0 Å². The number of amides is 2. The van der Waals surface area contributed by atoms with Crippen molar-refractivity contribution in [1.82, 2.24) is 9.62 Å².